The van der Waals surface area contributed by atoms with Gasteiger partial charge in [-0.05, 0) is 96.8 Å². The van der Waals surface area contributed by atoms with Crippen LogP contribution in [0, 0.1) is 0 Å². The van der Waals surface area contributed by atoms with Crippen LogP contribution >= 0.6 is 0 Å². The number of benzene rings is 3. The van der Waals surface area contributed by atoms with E-state index in [1.165, 1.54) is 0 Å². The molecule has 3 aromatic rings. The molecular formula is C28H32N2O2. The van der Waals surface area contributed by atoms with E-state index in [9.17, 15) is 0 Å². The van der Waals surface area contributed by atoms with Gasteiger partial charge in [0.2, 0.25) is 0 Å². The number of nitrogens with zero attached hydrogens (tertiary/aromatic N) is 2. The van der Waals surface area contributed by atoms with Gasteiger partial charge in [-0.1, -0.05) is 26.7 Å². The van der Waals surface area contributed by atoms with E-state index in [-0.39, 0.29) is 0 Å². The van der Waals surface area contributed by atoms with E-state index in [0.717, 1.165) is 72.9 Å². The molecule has 4 nitrogen and oxygen atoms in total. The van der Waals surface area contributed by atoms with Crippen LogP contribution in [0.15, 0.2) is 82.8 Å². The summed E-state index contributed by atoms with van der Waals surface area (Å²) in [6.45, 7) is 5.84. The van der Waals surface area contributed by atoms with Crippen molar-refractivity contribution in [1.82, 2.24) is 0 Å². The molecule has 166 valence electrons. The summed E-state index contributed by atoms with van der Waals surface area (Å²) in [4.78, 5) is 9.10. The van der Waals surface area contributed by atoms with E-state index >= 15 is 0 Å². The number of ether oxygens (including phenoxy) is 2. The maximum absolute atomic E-state index is 5.69. The van der Waals surface area contributed by atoms with E-state index in [0.29, 0.717) is 0 Å². The zero-order valence-electron chi connectivity index (χ0n) is 19.0. The molecule has 0 heterocycles. The smallest absolute Gasteiger partial charge is 0.119 e. The highest BCUT2D eigenvalue weighted by Crippen LogP contribution is 2.20. The first-order valence-electron chi connectivity index (χ1n) is 11.4. The molecule has 3 rings (SSSR count). The molecule has 32 heavy (non-hydrogen) atoms. The second-order valence-corrected chi connectivity index (χ2v) is 7.57. The summed E-state index contributed by atoms with van der Waals surface area (Å²) in [6.07, 6.45) is 8.14. The summed E-state index contributed by atoms with van der Waals surface area (Å²) < 4.78 is 11.4. The summed E-state index contributed by atoms with van der Waals surface area (Å²) in [5, 5.41) is 0. The average molecular weight is 429 g/mol. The van der Waals surface area contributed by atoms with Crippen LogP contribution in [-0.2, 0) is 0 Å². The maximum Gasteiger partial charge on any atom is 0.119 e. The van der Waals surface area contributed by atoms with Crippen molar-refractivity contribution in [2.75, 3.05) is 13.2 Å². The molecule has 0 amide bonds. The second-order valence-electron chi connectivity index (χ2n) is 7.57. The summed E-state index contributed by atoms with van der Waals surface area (Å²) in [6, 6.07) is 23.9. The number of hydrogen-bond acceptors (Lipinski definition) is 4. The van der Waals surface area contributed by atoms with Crippen molar-refractivity contribution in [2.45, 2.75) is 39.5 Å². The number of aliphatic imine (C=N–C) groups is 2. The first kappa shape index (κ1) is 23.3. The van der Waals surface area contributed by atoms with Crippen LogP contribution in [0.2, 0.25) is 0 Å². The molecule has 0 radical (unpaired) electrons. The van der Waals surface area contributed by atoms with Crippen molar-refractivity contribution in [3.05, 3.63) is 83.9 Å². The maximum atomic E-state index is 5.69. The molecule has 0 bridgehead atoms. The summed E-state index contributed by atoms with van der Waals surface area (Å²) in [7, 11) is 0. The number of rotatable bonds is 12. The fraction of sp³-hybridized carbons (Fsp3) is 0.286. The Labute approximate surface area is 191 Å². The summed E-state index contributed by atoms with van der Waals surface area (Å²) in [5.74, 6) is 1.80. The monoisotopic (exact) mass is 428 g/mol. The molecule has 4 heteroatoms. The highest BCUT2D eigenvalue weighted by Gasteiger charge is 1.96. The highest BCUT2D eigenvalue weighted by atomic mass is 16.5. The first-order valence-corrected chi connectivity index (χ1v) is 11.4. The number of unbranched alkanes of at least 4 members (excludes halogenated alkanes) is 2. The fourth-order valence-electron chi connectivity index (χ4n) is 2.89. The zero-order valence-corrected chi connectivity index (χ0v) is 19.0. The van der Waals surface area contributed by atoms with Gasteiger partial charge < -0.3 is 9.47 Å². The van der Waals surface area contributed by atoms with Crippen molar-refractivity contribution < 1.29 is 9.47 Å². The van der Waals surface area contributed by atoms with Crippen molar-refractivity contribution in [3.63, 3.8) is 0 Å². The van der Waals surface area contributed by atoms with Gasteiger partial charge in [-0.25, -0.2) is 0 Å². The standard InChI is InChI=1S/C28H32N2O2/c1-3-5-19-31-27-15-7-23(8-16-27)21-29-25-11-13-26(14-12-25)30-22-24-9-17-28(18-10-24)32-20-6-4-2/h7-18,21-22H,3-6,19-20H2,1-2H3. The van der Waals surface area contributed by atoms with Gasteiger partial charge in [0.1, 0.15) is 11.5 Å². The van der Waals surface area contributed by atoms with Crippen molar-refractivity contribution >= 4 is 23.8 Å². The topological polar surface area (TPSA) is 43.2 Å². The molecular weight excluding hydrogens is 396 g/mol. The Balaban J connectivity index is 1.51. The Morgan fingerprint density at radius 3 is 1.28 bits per heavy atom. The minimum absolute atomic E-state index is 0.761. The van der Waals surface area contributed by atoms with Gasteiger partial charge in [0, 0.05) is 12.4 Å². The fourth-order valence-corrected chi connectivity index (χ4v) is 2.89. The Morgan fingerprint density at radius 1 is 0.562 bits per heavy atom. The van der Waals surface area contributed by atoms with Crippen LogP contribution in [0.25, 0.3) is 0 Å². The lowest BCUT2D eigenvalue weighted by atomic mass is 10.2. The average Bonchev–Trinajstić information content (AvgIpc) is 2.84. The van der Waals surface area contributed by atoms with Gasteiger partial charge in [0.15, 0.2) is 0 Å². The molecule has 0 aromatic heterocycles. The van der Waals surface area contributed by atoms with Crippen LogP contribution < -0.4 is 9.47 Å². The molecule has 0 fully saturated rings. The normalized spacial score (nSPS) is 11.3. The van der Waals surface area contributed by atoms with E-state index in [1.807, 2.05) is 85.2 Å². The third kappa shape index (κ3) is 8.03. The molecule has 0 aliphatic carbocycles. The largest absolute Gasteiger partial charge is 0.494 e. The minimum atomic E-state index is 0.761. The van der Waals surface area contributed by atoms with E-state index in [2.05, 4.69) is 23.8 Å². The quantitative estimate of drug-likeness (QED) is 0.221. The van der Waals surface area contributed by atoms with E-state index in [4.69, 9.17) is 9.47 Å². The van der Waals surface area contributed by atoms with Crippen LogP contribution in [0.3, 0.4) is 0 Å². The Bertz CT molecular complexity index is 893. The van der Waals surface area contributed by atoms with Crippen LogP contribution in [0.4, 0.5) is 11.4 Å². The first-order chi connectivity index (χ1) is 15.8. The van der Waals surface area contributed by atoms with E-state index in [1.54, 1.807) is 0 Å². The van der Waals surface area contributed by atoms with Crippen molar-refractivity contribution in [2.24, 2.45) is 9.98 Å². The lowest BCUT2D eigenvalue weighted by molar-refractivity contribution is 0.309. The predicted octanol–water partition coefficient (Wildman–Crippen LogP) is 7.55. The molecule has 3 aromatic carbocycles. The van der Waals surface area contributed by atoms with Gasteiger partial charge in [0.25, 0.3) is 0 Å². The Morgan fingerprint density at radius 2 is 0.938 bits per heavy atom. The minimum Gasteiger partial charge on any atom is -0.494 e. The van der Waals surface area contributed by atoms with Crippen LogP contribution in [0.5, 0.6) is 11.5 Å². The summed E-state index contributed by atoms with van der Waals surface area (Å²) >= 11 is 0. The van der Waals surface area contributed by atoms with Gasteiger partial charge in [-0.15, -0.1) is 0 Å². The zero-order chi connectivity index (χ0) is 22.4. The van der Waals surface area contributed by atoms with Gasteiger partial charge in [-0.3, -0.25) is 9.98 Å². The summed E-state index contributed by atoms with van der Waals surface area (Å²) in [5.41, 5.74) is 3.86. The third-order valence-electron chi connectivity index (χ3n) is 4.87. The molecule has 0 saturated heterocycles. The Hall–Kier alpha value is -3.40. The predicted molar refractivity (Wildman–Crippen MR) is 135 cm³/mol. The molecule has 0 spiro atoms. The molecule has 0 unspecified atom stereocenters. The lowest BCUT2D eigenvalue weighted by Crippen LogP contribution is -1.96. The lowest BCUT2D eigenvalue weighted by Gasteiger charge is -2.05. The highest BCUT2D eigenvalue weighted by molar-refractivity contribution is 5.83. The number of hydrogen-bond donors (Lipinski definition) is 0. The molecule has 0 atom stereocenters. The molecule has 0 saturated carbocycles. The SMILES string of the molecule is CCCCOc1ccc(C=Nc2ccc(N=Cc3ccc(OCCCC)cc3)cc2)cc1. The van der Waals surface area contributed by atoms with E-state index < -0.39 is 0 Å². The Kier molecular flexibility index (Phi) is 9.53. The molecule has 0 N–H and O–H groups in total. The van der Waals surface area contributed by atoms with Crippen molar-refractivity contribution in [3.8, 4) is 11.5 Å². The van der Waals surface area contributed by atoms with Gasteiger partial charge in [0.05, 0.1) is 24.6 Å². The van der Waals surface area contributed by atoms with Gasteiger partial charge >= 0.3 is 0 Å². The molecule has 0 aliphatic heterocycles. The van der Waals surface area contributed by atoms with Crippen LogP contribution in [-0.4, -0.2) is 25.6 Å². The second kappa shape index (κ2) is 13.1. The van der Waals surface area contributed by atoms with Gasteiger partial charge in [-0.2, -0.15) is 0 Å². The molecule has 0 aliphatic rings. The van der Waals surface area contributed by atoms with Crippen molar-refractivity contribution in [1.29, 1.82) is 0 Å². The third-order valence-corrected chi connectivity index (χ3v) is 4.87. The van der Waals surface area contributed by atoms with Crippen LogP contribution in [0.1, 0.15) is 50.7 Å².